The summed E-state index contributed by atoms with van der Waals surface area (Å²) in [6.07, 6.45) is 5.30. The van der Waals surface area contributed by atoms with Gasteiger partial charge in [0, 0.05) is 6.04 Å². The van der Waals surface area contributed by atoms with Crippen LogP contribution in [0.2, 0.25) is 0 Å². The normalized spacial score (nSPS) is 17.5. The van der Waals surface area contributed by atoms with Gasteiger partial charge in [-0.2, -0.15) is 0 Å². The Labute approximate surface area is 88.1 Å². The number of carbonyl (C=O) groups is 1. The zero-order chi connectivity index (χ0) is 10.8. The van der Waals surface area contributed by atoms with Crippen LogP contribution < -0.4 is 5.32 Å². The van der Waals surface area contributed by atoms with E-state index in [9.17, 15) is 4.79 Å². The third-order valence-corrected chi connectivity index (χ3v) is 2.63. The number of hydrogen-bond donors (Lipinski definition) is 2. The highest BCUT2D eigenvalue weighted by Gasteiger charge is 2.26. The quantitative estimate of drug-likeness (QED) is 0.745. The maximum atomic E-state index is 11.7. The Balaban J connectivity index is 2.04. The Morgan fingerprint density at radius 3 is 3.13 bits per heavy atom. The minimum absolute atomic E-state index is 0.00907. The van der Waals surface area contributed by atoms with Gasteiger partial charge in [0.2, 0.25) is 5.91 Å². The lowest BCUT2D eigenvalue weighted by Gasteiger charge is -2.15. The zero-order valence-corrected chi connectivity index (χ0v) is 8.68. The molecule has 1 aliphatic rings. The van der Waals surface area contributed by atoms with E-state index in [0.29, 0.717) is 11.7 Å². The van der Waals surface area contributed by atoms with Crippen molar-refractivity contribution >= 4 is 5.91 Å². The van der Waals surface area contributed by atoms with Crippen molar-refractivity contribution in [3.63, 3.8) is 0 Å². The van der Waals surface area contributed by atoms with E-state index in [1.807, 2.05) is 0 Å². The fourth-order valence-electron chi connectivity index (χ4n) is 1.48. The molecule has 5 nitrogen and oxygen atoms in total. The molecule has 0 radical (unpaired) electrons. The summed E-state index contributed by atoms with van der Waals surface area (Å²) in [7, 11) is 0. The molecule has 1 aromatic rings. The monoisotopic (exact) mass is 209 g/mol. The van der Waals surface area contributed by atoms with Crippen molar-refractivity contribution in [2.75, 3.05) is 0 Å². The van der Waals surface area contributed by atoms with Crippen molar-refractivity contribution in [2.24, 2.45) is 0 Å². The molecule has 5 heteroatoms. The highest BCUT2D eigenvalue weighted by atomic mass is 16.3. The number of nitrogens with zero attached hydrogens (tertiary/aromatic N) is 2. The number of aliphatic hydroxyl groups excluding tert-OH is 1. The lowest BCUT2D eigenvalue weighted by Crippen LogP contribution is -2.32. The number of amides is 1. The molecule has 2 rings (SSSR count). The van der Waals surface area contributed by atoms with Gasteiger partial charge >= 0.3 is 0 Å². The largest absolute Gasteiger partial charge is 0.390 e. The summed E-state index contributed by atoms with van der Waals surface area (Å²) in [5, 5.41) is 12.0. The smallest absolute Gasteiger partial charge is 0.243 e. The van der Waals surface area contributed by atoms with Gasteiger partial charge in [-0.25, -0.2) is 4.98 Å². The fraction of sp³-hybridized carbons (Fsp3) is 0.600. The van der Waals surface area contributed by atoms with Gasteiger partial charge in [0.05, 0.1) is 24.8 Å². The highest BCUT2D eigenvalue weighted by Crippen LogP contribution is 2.20. The second kappa shape index (κ2) is 4.02. The van der Waals surface area contributed by atoms with Crippen LogP contribution in [-0.2, 0) is 11.4 Å². The van der Waals surface area contributed by atoms with E-state index in [2.05, 4.69) is 10.3 Å². The molecule has 1 heterocycles. The third-order valence-electron chi connectivity index (χ3n) is 2.63. The summed E-state index contributed by atoms with van der Waals surface area (Å²) in [6, 6.07) is 0.0521. The van der Waals surface area contributed by atoms with Gasteiger partial charge < -0.3 is 15.0 Å². The molecule has 1 aromatic heterocycles. The lowest BCUT2D eigenvalue weighted by molar-refractivity contribution is -0.124. The first kappa shape index (κ1) is 10.2. The lowest BCUT2D eigenvalue weighted by atomic mass is 10.3. The molecule has 0 aliphatic heterocycles. The van der Waals surface area contributed by atoms with Crippen molar-refractivity contribution in [3.05, 3.63) is 18.2 Å². The van der Waals surface area contributed by atoms with Crippen LogP contribution in [0, 0.1) is 0 Å². The van der Waals surface area contributed by atoms with Crippen LogP contribution in [0.4, 0.5) is 0 Å². The van der Waals surface area contributed by atoms with E-state index in [1.165, 1.54) is 0 Å². The molecule has 0 bridgehead atoms. The van der Waals surface area contributed by atoms with Gasteiger partial charge in [0.25, 0.3) is 0 Å². The van der Waals surface area contributed by atoms with E-state index in [0.717, 1.165) is 12.8 Å². The van der Waals surface area contributed by atoms with Gasteiger partial charge in [0.15, 0.2) is 0 Å². The second-order valence-corrected chi connectivity index (χ2v) is 3.91. The van der Waals surface area contributed by atoms with Gasteiger partial charge in [-0.05, 0) is 19.8 Å². The molecule has 0 aromatic carbocycles. The van der Waals surface area contributed by atoms with Crippen LogP contribution in [0.5, 0.6) is 0 Å². The van der Waals surface area contributed by atoms with Crippen LogP contribution in [0.25, 0.3) is 0 Å². The van der Waals surface area contributed by atoms with E-state index in [-0.39, 0.29) is 18.6 Å². The molecule has 1 atom stereocenters. The molecule has 82 valence electrons. The van der Waals surface area contributed by atoms with E-state index >= 15 is 0 Å². The minimum Gasteiger partial charge on any atom is -0.390 e. The first-order valence-corrected chi connectivity index (χ1v) is 5.14. The Morgan fingerprint density at radius 1 is 1.80 bits per heavy atom. The molecule has 1 aliphatic carbocycles. The minimum atomic E-state index is -0.310. The number of aromatic nitrogens is 2. The molecule has 1 saturated carbocycles. The highest BCUT2D eigenvalue weighted by molar-refractivity contribution is 5.80. The summed E-state index contributed by atoms with van der Waals surface area (Å²) in [6.45, 7) is 1.71. The first-order chi connectivity index (χ1) is 7.22. The Morgan fingerprint density at radius 2 is 2.53 bits per heavy atom. The number of imidazole rings is 1. The molecule has 1 unspecified atom stereocenters. The molecule has 15 heavy (non-hydrogen) atoms. The molecule has 2 N–H and O–H groups in total. The van der Waals surface area contributed by atoms with Gasteiger partial charge in [-0.15, -0.1) is 0 Å². The number of hydrogen-bond acceptors (Lipinski definition) is 3. The summed E-state index contributed by atoms with van der Waals surface area (Å²) in [4.78, 5) is 15.6. The zero-order valence-electron chi connectivity index (χ0n) is 8.68. The van der Waals surface area contributed by atoms with Crippen LogP contribution in [0.3, 0.4) is 0 Å². The Kier molecular flexibility index (Phi) is 2.73. The number of nitrogens with one attached hydrogen (secondary N) is 1. The van der Waals surface area contributed by atoms with Crippen LogP contribution in [-0.4, -0.2) is 26.6 Å². The molecule has 0 saturated heterocycles. The second-order valence-electron chi connectivity index (χ2n) is 3.91. The van der Waals surface area contributed by atoms with E-state index in [1.54, 1.807) is 24.0 Å². The average Bonchev–Trinajstić information content (AvgIpc) is 2.92. The summed E-state index contributed by atoms with van der Waals surface area (Å²) >= 11 is 0. The van der Waals surface area contributed by atoms with Gasteiger partial charge in [0.1, 0.15) is 6.04 Å². The van der Waals surface area contributed by atoms with Crippen LogP contribution >= 0.6 is 0 Å². The summed E-state index contributed by atoms with van der Waals surface area (Å²) < 4.78 is 1.69. The van der Waals surface area contributed by atoms with E-state index < -0.39 is 0 Å². The molecular formula is C10H15N3O2. The van der Waals surface area contributed by atoms with Gasteiger partial charge in [-0.1, -0.05) is 0 Å². The number of carbonyl (C=O) groups excluding carboxylic acids is 1. The van der Waals surface area contributed by atoms with E-state index in [4.69, 9.17) is 5.11 Å². The average molecular weight is 209 g/mol. The predicted octanol–water partition coefficient (Wildman–Crippen LogP) is 0.215. The first-order valence-electron chi connectivity index (χ1n) is 5.14. The molecule has 1 fully saturated rings. The fourth-order valence-corrected chi connectivity index (χ4v) is 1.48. The molecule has 0 spiro atoms. The maximum absolute atomic E-state index is 11.7. The van der Waals surface area contributed by atoms with Crippen LogP contribution in [0.15, 0.2) is 12.5 Å². The van der Waals surface area contributed by atoms with Gasteiger partial charge in [-0.3, -0.25) is 4.79 Å². The third kappa shape index (κ3) is 2.18. The Hall–Kier alpha value is -1.36. The maximum Gasteiger partial charge on any atom is 0.243 e. The van der Waals surface area contributed by atoms with Crippen molar-refractivity contribution in [1.29, 1.82) is 0 Å². The van der Waals surface area contributed by atoms with Crippen molar-refractivity contribution in [3.8, 4) is 0 Å². The standard InChI is InChI=1S/C10H15N3O2/c1-7(10(15)12-8-2-3-8)13-6-11-4-9(13)5-14/h4,6-8,14H,2-3,5H2,1H3,(H,12,15). The predicted molar refractivity (Wildman–Crippen MR) is 54.0 cm³/mol. The summed E-state index contributed by atoms with van der Waals surface area (Å²) in [5.74, 6) is -0.00907. The molecule has 1 amide bonds. The summed E-state index contributed by atoms with van der Waals surface area (Å²) in [5.41, 5.74) is 0.661. The van der Waals surface area contributed by atoms with Crippen molar-refractivity contribution in [1.82, 2.24) is 14.9 Å². The van der Waals surface area contributed by atoms with Crippen molar-refractivity contribution < 1.29 is 9.90 Å². The number of rotatable bonds is 4. The molecular weight excluding hydrogens is 194 g/mol. The number of aliphatic hydroxyl groups is 1. The topological polar surface area (TPSA) is 67.2 Å². The van der Waals surface area contributed by atoms with Crippen molar-refractivity contribution in [2.45, 2.75) is 38.5 Å². The van der Waals surface area contributed by atoms with Crippen LogP contribution in [0.1, 0.15) is 31.5 Å². The Bertz CT molecular complexity index is 357. The SMILES string of the molecule is CC(C(=O)NC1CC1)n1cncc1CO.